The monoisotopic (exact) mass is 431 g/mol. The van der Waals surface area contributed by atoms with Gasteiger partial charge in [0.2, 0.25) is 5.91 Å². The molecule has 2 N–H and O–H groups in total. The highest BCUT2D eigenvalue weighted by Crippen LogP contribution is 2.24. The van der Waals surface area contributed by atoms with E-state index in [1.807, 2.05) is 30.3 Å². The van der Waals surface area contributed by atoms with Crippen molar-refractivity contribution in [2.75, 3.05) is 11.9 Å². The minimum Gasteiger partial charge on any atom is -0.457 e. The highest BCUT2D eigenvalue weighted by atomic mass is 32.1. The molecule has 154 valence electrons. The molecule has 0 saturated heterocycles. The molecular weight excluding hydrogens is 414 g/mol. The second-order valence-corrected chi connectivity index (χ2v) is 7.10. The summed E-state index contributed by atoms with van der Waals surface area (Å²) >= 11 is 5.18. The number of fused-ring (bicyclic) bond motifs is 1. The molecule has 3 amide bonds. The number of benzene rings is 3. The van der Waals surface area contributed by atoms with E-state index < -0.39 is 24.3 Å². The molecule has 0 atom stereocenters. The van der Waals surface area contributed by atoms with Gasteiger partial charge in [-0.15, -0.1) is 0 Å². The smallest absolute Gasteiger partial charge is 0.262 e. The number of imide groups is 1. The van der Waals surface area contributed by atoms with Crippen LogP contribution in [0.15, 0.2) is 78.9 Å². The second-order valence-electron chi connectivity index (χ2n) is 6.69. The van der Waals surface area contributed by atoms with Crippen LogP contribution in [0.3, 0.4) is 0 Å². The van der Waals surface area contributed by atoms with E-state index in [1.165, 1.54) is 0 Å². The zero-order valence-electron chi connectivity index (χ0n) is 16.2. The average molecular weight is 431 g/mol. The number of hydrogen-bond donors (Lipinski definition) is 2. The molecule has 1 heterocycles. The van der Waals surface area contributed by atoms with Gasteiger partial charge in [0.25, 0.3) is 11.8 Å². The maximum atomic E-state index is 12.4. The molecule has 0 spiro atoms. The van der Waals surface area contributed by atoms with Crippen molar-refractivity contribution in [2.24, 2.45) is 0 Å². The summed E-state index contributed by atoms with van der Waals surface area (Å²) in [6.45, 7) is -0.425. The lowest BCUT2D eigenvalue weighted by Gasteiger charge is -2.15. The standard InChI is InChI=1S/C23H17N3O4S/c27-20(14-26-21(28)18-11-4-5-12-19(18)22(26)29)25-23(31)24-15-7-6-10-17(13-15)30-16-8-2-1-3-9-16/h1-13H,14H2,(H2,24,25,27,31). The lowest BCUT2D eigenvalue weighted by atomic mass is 10.1. The van der Waals surface area contributed by atoms with Crippen molar-refractivity contribution in [3.63, 3.8) is 0 Å². The Labute approximate surface area is 183 Å². The molecule has 0 fully saturated rings. The van der Waals surface area contributed by atoms with Gasteiger partial charge < -0.3 is 15.4 Å². The molecule has 1 aliphatic heterocycles. The number of nitrogens with zero attached hydrogens (tertiary/aromatic N) is 1. The fraction of sp³-hybridized carbons (Fsp3) is 0.0435. The molecule has 0 saturated carbocycles. The maximum Gasteiger partial charge on any atom is 0.262 e. The van der Waals surface area contributed by atoms with Crippen molar-refractivity contribution < 1.29 is 19.1 Å². The molecule has 8 heteroatoms. The molecule has 0 bridgehead atoms. The van der Waals surface area contributed by atoms with E-state index in [0.29, 0.717) is 17.2 Å². The van der Waals surface area contributed by atoms with Gasteiger partial charge in [-0.3, -0.25) is 19.3 Å². The van der Waals surface area contributed by atoms with E-state index in [9.17, 15) is 14.4 Å². The Morgan fingerprint density at radius 2 is 1.45 bits per heavy atom. The van der Waals surface area contributed by atoms with Crippen molar-refractivity contribution in [1.29, 1.82) is 0 Å². The Morgan fingerprint density at radius 3 is 2.13 bits per heavy atom. The topological polar surface area (TPSA) is 87.7 Å². The Kier molecular flexibility index (Phi) is 5.72. The third-order valence-electron chi connectivity index (χ3n) is 4.50. The fourth-order valence-electron chi connectivity index (χ4n) is 3.12. The quantitative estimate of drug-likeness (QED) is 0.474. The molecule has 0 aromatic heterocycles. The molecular formula is C23H17N3O4S. The van der Waals surface area contributed by atoms with Gasteiger partial charge in [-0.1, -0.05) is 36.4 Å². The van der Waals surface area contributed by atoms with Crippen LogP contribution in [0.25, 0.3) is 0 Å². The Hall–Kier alpha value is -4.04. The molecule has 0 unspecified atom stereocenters. The number of carbonyl (C=O) groups excluding carboxylic acids is 3. The zero-order chi connectivity index (χ0) is 21.8. The van der Waals surface area contributed by atoms with Gasteiger partial charge in [-0.25, -0.2) is 0 Å². The minimum atomic E-state index is -0.580. The number of thiocarbonyl (C=S) groups is 1. The Morgan fingerprint density at radius 1 is 0.839 bits per heavy atom. The van der Waals surface area contributed by atoms with Gasteiger partial charge in [0, 0.05) is 11.8 Å². The third-order valence-corrected chi connectivity index (χ3v) is 4.71. The van der Waals surface area contributed by atoms with Gasteiger partial charge in [0.15, 0.2) is 5.11 Å². The Balaban J connectivity index is 1.34. The highest BCUT2D eigenvalue weighted by molar-refractivity contribution is 7.80. The minimum absolute atomic E-state index is 0.0403. The highest BCUT2D eigenvalue weighted by Gasteiger charge is 2.36. The van der Waals surface area contributed by atoms with E-state index in [-0.39, 0.29) is 16.2 Å². The second kappa shape index (κ2) is 8.76. The first kappa shape index (κ1) is 20.2. The van der Waals surface area contributed by atoms with Crippen molar-refractivity contribution in [2.45, 2.75) is 0 Å². The first-order valence-electron chi connectivity index (χ1n) is 9.40. The summed E-state index contributed by atoms with van der Waals surface area (Å²) in [5.41, 5.74) is 1.19. The number of amides is 3. The van der Waals surface area contributed by atoms with Gasteiger partial charge in [-0.2, -0.15) is 0 Å². The van der Waals surface area contributed by atoms with Crippen LogP contribution in [0.5, 0.6) is 11.5 Å². The summed E-state index contributed by atoms with van der Waals surface area (Å²) in [4.78, 5) is 38.0. The number of ether oxygens (including phenoxy) is 1. The van der Waals surface area contributed by atoms with Crippen molar-refractivity contribution in [3.8, 4) is 11.5 Å². The van der Waals surface area contributed by atoms with Gasteiger partial charge in [0.1, 0.15) is 18.0 Å². The lowest BCUT2D eigenvalue weighted by Crippen LogP contribution is -2.43. The normalized spacial score (nSPS) is 12.3. The summed E-state index contributed by atoms with van der Waals surface area (Å²) in [7, 11) is 0. The van der Waals surface area contributed by atoms with Gasteiger partial charge in [-0.05, 0) is 48.6 Å². The van der Waals surface area contributed by atoms with Crippen LogP contribution in [-0.4, -0.2) is 34.3 Å². The summed E-state index contributed by atoms with van der Waals surface area (Å²) < 4.78 is 5.77. The van der Waals surface area contributed by atoms with Crippen LogP contribution in [0.2, 0.25) is 0 Å². The Bertz CT molecular complexity index is 1150. The van der Waals surface area contributed by atoms with Gasteiger partial charge >= 0.3 is 0 Å². The van der Waals surface area contributed by atoms with Crippen LogP contribution in [0.1, 0.15) is 20.7 Å². The number of hydrogen-bond acceptors (Lipinski definition) is 5. The van der Waals surface area contributed by atoms with Crippen LogP contribution < -0.4 is 15.4 Å². The molecule has 7 nitrogen and oxygen atoms in total. The largest absolute Gasteiger partial charge is 0.457 e. The first-order chi connectivity index (χ1) is 15.0. The SMILES string of the molecule is O=C(CN1C(=O)c2ccccc2C1=O)NC(=S)Nc1cccc(Oc2ccccc2)c1. The zero-order valence-corrected chi connectivity index (χ0v) is 17.0. The number of anilines is 1. The number of nitrogens with one attached hydrogen (secondary N) is 2. The molecule has 3 aromatic carbocycles. The number of para-hydroxylation sites is 1. The van der Waals surface area contributed by atoms with E-state index >= 15 is 0 Å². The molecule has 4 rings (SSSR count). The summed E-state index contributed by atoms with van der Waals surface area (Å²) in [6, 6.07) is 22.8. The summed E-state index contributed by atoms with van der Waals surface area (Å²) in [5, 5.41) is 5.42. The molecule has 31 heavy (non-hydrogen) atoms. The van der Waals surface area contributed by atoms with E-state index in [4.69, 9.17) is 17.0 Å². The van der Waals surface area contributed by atoms with E-state index in [2.05, 4.69) is 10.6 Å². The fourth-order valence-corrected chi connectivity index (χ4v) is 3.35. The van der Waals surface area contributed by atoms with Crippen LogP contribution >= 0.6 is 12.2 Å². The first-order valence-corrected chi connectivity index (χ1v) is 9.81. The molecule has 0 radical (unpaired) electrons. The van der Waals surface area contributed by atoms with Crippen LogP contribution in [0, 0.1) is 0 Å². The molecule has 1 aliphatic rings. The van der Waals surface area contributed by atoms with E-state index in [0.717, 1.165) is 4.90 Å². The van der Waals surface area contributed by atoms with Gasteiger partial charge in [0.05, 0.1) is 11.1 Å². The predicted octanol–water partition coefficient (Wildman–Crippen LogP) is 3.59. The predicted molar refractivity (Wildman–Crippen MR) is 119 cm³/mol. The summed E-state index contributed by atoms with van der Waals surface area (Å²) in [5.74, 6) is -0.294. The molecule has 0 aliphatic carbocycles. The van der Waals surface area contributed by atoms with Crippen molar-refractivity contribution >= 4 is 40.7 Å². The molecule has 3 aromatic rings. The van der Waals surface area contributed by atoms with Crippen molar-refractivity contribution in [1.82, 2.24) is 10.2 Å². The lowest BCUT2D eigenvalue weighted by molar-refractivity contribution is -0.120. The van der Waals surface area contributed by atoms with Crippen LogP contribution in [0.4, 0.5) is 5.69 Å². The number of carbonyl (C=O) groups is 3. The average Bonchev–Trinajstić information content (AvgIpc) is 3.00. The van der Waals surface area contributed by atoms with Crippen molar-refractivity contribution in [3.05, 3.63) is 90.0 Å². The van der Waals surface area contributed by atoms with E-state index in [1.54, 1.807) is 48.5 Å². The summed E-state index contributed by atoms with van der Waals surface area (Å²) in [6.07, 6.45) is 0. The third kappa shape index (κ3) is 4.59. The maximum absolute atomic E-state index is 12.4. The number of rotatable bonds is 5. The van der Waals surface area contributed by atoms with Crippen LogP contribution in [-0.2, 0) is 4.79 Å².